The topological polar surface area (TPSA) is 64.9 Å². The molecule has 0 saturated heterocycles. The van der Waals surface area contributed by atoms with Gasteiger partial charge in [0.25, 0.3) is 0 Å². The van der Waals surface area contributed by atoms with E-state index in [0.29, 0.717) is 5.82 Å². The number of pyridine rings is 1. The Morgan fingerprint density at radius 2 is 2.07 bits per heavy atom. The molecule has 0 aliphatic carbocycles. The fraction of sp³-hybridized carbons (Fsp3) is 0. The molecule has 1 heterocycles. The molecule has 0 atom stereocenters. The minimum Gasteiger partial charge on any atom is -0.208 e. The summed E-state index contributed by atoms with van der Waals surface area (Å²) in [4.78, 5) is 7.04. The molecule has 1 aromatic carbocycles. The van der Waals surface area contributed by atoms with Gasteiger partial charge in [0.05, 0.1) is 5.52 Å². The van der Waals surface area contributed by atoms with Crippen LogP contribution in [0, 0.1) is 0 Å². The predicted octanol–water partition coefficient (Wildman–Crippen LogP) is 3.62. The van der Waals surface area contributed by atoms with E-state index >= 15 is 0 Å². The summed E-state index contributed by atoms with van der Waals surface area (Å²) in [5.41, 5.74) is 9.17. The first-order valence-corrected chi connectivity index (χ1v) is 5.14. The van der Waals surface area contributed by atoms with Gasteiger partial charge in [-0.2, -0.15) is 4.91 Å². The van der Waals surface area contributed by atoms with Crippen LogP contribution in [-0.4, -0.2) is 4.98 Å². The minimum atomic E-state index is 0.618. The van der Waals surface area contributed by atoms with Crippen LogP contribution < -0.4 is 3.22 Å². The Labute approximate surface area is 99.8 Å². The Morgan fingerprint density at radius 3 is 2.87 bits per heavy atom. The van der Waals surface area contributed by atoms with Gasteiger partial charge in [0.2, 0.25) is 28.7 Å². The van der Waals surface area contributed by atoms with Crippen molar-refractivity contribution >= 4 is 39.6 Å². The molecule has 0 spiro atoms. The first kappa shape index (κ1) is 10.0. The highest BCUT2D eigenvalue weighted by molar-refractivity contribution is 14.1. The van der Waals surface area contributed by atoms with E-state index in [1.54, 1.807) is 0 Å². The molecular weight excluding hydrogens is 305 g/mol. The molecule has 15 heavy (non-hydrogen) atoms. The number of hydrogen-bond donors (Lipinski definition) is 0. The van der Waals surface area contributed by atoms with Gasteiger partial charge >= 0.3 is 0 Å². The Hall–Kier alpha value is -1.53. The lowest BCUT2D eigenvalue weighted by atomic mass is 10.2. The molecule has 0 unspecified atom stereocenters. The van der Waals surface area contributed by atoms with Crippen LogP contribution in [0.4, 0.5) is 5.82 Å². The van der Waals surface area contributed by atoms with E-state index in [-0.39, 0.29) is 0 Å². The van der Waals surface area contributed by atoms with Gasteiger partial charge < -0.3 is 0 Å². The standard InChI is InChI=1S/C9H6IN5/c10-15(14-13-11)9-6-5-7-3-1-2-4-8(7)12-9/h1-6H. The minimum absolute atomic E-state index is 0.618. The molecule has 6 heteroatoms. The smallest absolute Gasteiger partial charge is 0.208 e. The van der Waals surface area contributed by atoms with E-state index in [1.807, 2.05) is 59.3 Å². The number of anilines is 1. The number of hydrogen-bond acceptors (Lipinski definition) is 2. The van der Waals surface area contributed by atoms with E-state index in [1.165, 1.54) is 3.22 Å². The molecule has 2 rings (SSSR count). The Morgan fingerprint density at radius 1 is 1.27 bits per heavy atom. The van der Waals surface area contributed by atoms with Crippen LogP contribution in [0.5, 0.6) is 0 Å². The highest BCUT2D eigenvalue weighted by Crippen LogP contribution is 2.20. The molecule has 0 aliphatic heterocycles. The molecule has 0 radical (unpaired) electrons. The van der Waals surface area contributed by atoms with Gasteiger partial charge in [-0.25, -0.2) is 4.98 Å². The largest absolute Gasteiger partial charge is 0.233 e. The fourth-order valence-electron chi connectivity index (χ4n) is 1.24. The van der Waals surface area contributed by atoms with Crippen LogP contribution in [0.3, 0.4) is 0 Å². The second-order valence-corrected chi connectivity index (χ2v) is 3.72. The molecule has 0 saturated carbocycles. The van der Waals surface area contributed by atoms with Gasteiger partial charge in [-0.05, 0) is 17.4 Å². The third-order valence-electron chi connectivity index (χ3n) is 1.89. The summed E-state index contributed by atoms with van der Waals surface area (Å²) >= 11 is 1.89. The first-order chi connectivity index (χ1) is 7.31. The lowest BCUT2D eigenvalue weighted by Crippen LogP contribution is -1.99. The van der Waals surface area contributed by atoms with E-state index in [9.17, 15) is 0 Å². The molecule has 1 aromatic heterocycles. The summed E-state index contributed by atoms with van der Waals surface area (Å²) in [5.74, 6) is 0.618. The molecule has 0 fully saturated rings. The van der Waals surface area contributed by atoms with Crippen molar-refractivity contribution in [2.75, 3.05) is 3.22 Å². The summed E-state index contributed by atoms with van der Waals surface area (Å²) in [6, 6.07) is 11.5. The quantitative estimate of drug-likeness (QED) is 0.212. The zero-order valence-electron chi connectivity index (χ0n) is 7.58. The number of fused-ring (bicyclic) bond motifs is 1. The number of rotatable bonds is 2. The van der Waals surface area contributed by atoms with E-state index in [4.69, 9.17) is 5.53 Å². The Kier molecular flexibility index (Phi) is 2.89. The molecule has 2 aromatic rings. The Bertz CT molecular complexity index is 535. The maximum atomic E-state index is 8.30. The molecule has 5 nitrogen and oxygen atoms in total. The molecular formula is C9H6IN5. The van der Waals surface area contributed by atoms with E-state index in [0.717, 1.165) is 10.9 Å². The number of azide groups is 1. The predicted molar refractivity (Wildman–Crippen MR) is 67.4 cm³/mol. The second-order valence-electron chi connectivity index (χ2n) is 2.80. The lowest BCUT2D eigenvalue weighted by molar-refractivity contribution is 1.16. The molecule has 0 aliphatic rings. The van der Waals surface area contributed by atoms with Crippen molar-refractivity contribution in [1.29, 1.82) is 0 Å². The van der Waals surface area contributed by atoms with E-state index < -0.39 is 0 Å². The molecule has 0 bridgehead atoms. The van der Waals surface area contributed by atoms with Crippen molar-refractivity contribution in [3.8, 4) is 0 Å². The van der Waals surface area contributed by atoms with Crippen LogP contribution in [0.15, 0.2) is 41.6 Å². The molecule has 0 N–H and O–H groups in total. The summed E-state index contributed by atoms with van der Waals surface area (Å²) in [7, 11) is 0. The summed E-state index contributed by atoms with van der Waals surface area (Å²) in [5, 5.41) is 4.50. The number of para-hydroxylation sites is 1. The number of halogens is 1. The summed E-state index contributed by atoms with van der Waals surface area (Å²) < 4.78 is 1.37. The molecule has 74 valence electrons. The normalized spacial score (nSPS) is 9.67. The van der Waals surface area contributed by atoms with Crippen LogP contribution in [-0.2, 0) is 0 Å². The number of nitrogens with zero attached hydrogens (tertiary/aromatic N) is 5. The highest BCUT2D eigenvalue weighted by Gasteiger charge is 2.06. The lowest BCUT2D eigenvalue weighted by Gasteiger charge is -2.03. The van der Waals surface area contributed by atoms with Crippen LogP contribution in [0.1, 0.15) is 0 Å². The highest BCUT2D eigenvalue weighted by atomic mass is 127. The van der Waals surface area contributed by atoms with Gasteiger partial charge in [0, 0.05) is 11.5 Å². The summed E-state index contributed by atoms with van der Waals surface area (Å²) in [6.07, 6.45) is 0. The zero-order valence-corrected chi connectivity index (χ0v) is 9.74. The Balaban J connectivity index is 2.51. The number of benzene rings is 1. The average Bonchev–Trinajstić information content (AvgIpc) is 2.29. The number of aromatic nitrogens is 1. The van der Waals surface area contributed by atoms with Gasteiger partial charge in [0.1, 0.15) is 0 Å². The summed E-state index contributed by atoms with van der Waals surface area (Å²) in [6.45, 7) is 0. The van der Waals surface area contributed by atoms with Crippen molar-refractivity contribution in [1.82, 2.24) is 4.98 Å². The van der Waals surface area contributed by atoms with Crippen molar-refractivity contribution < 1.29 is 0 Å². The van der Waals surface area contributed by atoms with Crippen LogP contribution in [0.2, 0.25) is 0 Å². The SMILES string of the molecule is [N-]=[N+]=NN(I)c1ccc2ccccc2n1. The van der Waals surface area contributed by atoms with Crippen LogP contribution >= 0.6 is 22.9 Å². The van der Waals surface area contributed by atoms with Gasteiger partial charge in [-0.3, -0.25) is 0 Å². The average molecular weight is 311 g/mol. The monoisotopic (exact) mass is 311 g/mol. The van der Waals surface area contributed by atoms with Crippen molar-refractivity contribution in [2.45, 2.75) is 0 Å². The van der Waals surface area contributed by atoms with Crippen molar-refractivity contribution in [3.63, 3.8) is 0 Å². The van der Waals surface area contributed by atoms with Crippen LogP contribution in [0.25, 0.3) is 21.3 Å². The fourth-order valence-corrected chi connectivity index (χ4v) is 1.59. The molecule has 0 amide bonds. The van der Waals surface area contributed by atoms with Crippen molar-refractivity contribution in [2.24, 2.45) is 5.22 Å². The van der Waals surface area contributed by atoms with Gasteiger partial charge in [-0.15, -0.1) is 8.75 Å². The van der Waals surface area contributed by atoms with E-state index in [2.05, 4.69) is 15.1 Å². The third kappa shape index (κ3) is 2.11. The van der Waals surface area contributed by atoms with Crippen molar-refractivity contribution in [3.05, 3.63) is 46.8 Å². The third-order valence-corrected chi connectivity index (χ3v) is 2.58. The first-order valence-electron chi connectivity index (χ1n) is 4.18. The zero-order chi connectivity index (χ0) is 10.7. The maximum Gasteiger partial charge on any atom is 0.233 e. The van der Waals surface area contributed by atoms with Gasteiger partial charge in [-0.1, -0.05) is 18.2 Å². The maximum absolute atomic E-state index is 8.30. The second kappa shape index (κ2) is 4.33. The van der Waals surface area contributed by atoms with Gasteiger partial charge in [0.15, 0.2) is 0 Å².